The van der Waals surface area contributed by atoms with Crippen molar-refractivity contribution >= 4 is 31.6 Å². The van der Waals surface area contributed by atoms with Crippen molar-refractivity contribution in [3.8, 4) is 0 Å². The van der Waals surface area contributed by atoms with Crippen LogP contribution in [-0.4, -0.2) is 19.2 Å². The molecule has 4 nitrogen and oxygen atoms in total. The van der Waals surface area contributed by atoms with Crippen LogP contribution in [0.5, 0.6) is 0 Å². The highest BCUT2D eigenvalue weighted by Gasteiger charge is 2.12. The van der Waals surface area contributed by atoms with Crippen LogP contribution in [0.1, 0.15) is 11.3 Å². The van der Waals surface area contributed by atoms with Crippen LogP contribution >= 0.6 is 15.9 Å². The Bertz CT molecular complexity index is 688. The molecule has 0 saturated carbocycles. The van der Waals surface area contributed by atoms with Crippen molar-refractivity contribution < 1.29 is 8.42 Å². The summed E-state index contributed by atoms with van der Waals surface area (Å²) in [7, 11) is -3.38. The van der Waals surface area contributed by atoms with Crippen molar-refractivity contribution in [3.05, 3.63) is 58.3 Å². The molecule has 0 aliphatic rings. The predicted octanol–water partition coefficient (Wildman–Crippen LogP) is 3.14. The van der Waals surface area contributed by atoms with Crippen molar-refractivity contribution in [1.82, 2.24) is 4.98 Å². The highest BCUT2D eigenvalue weighted by molar-refractivity contribution is 9.10. The first-order chi connectivity index (χ1) is 9.46. The summed E-state index contributed by atoms with van der Waals surface area (Å²) in [5, 5.41) is 0. The summed E-state index contributed by atoms with van der Waals surface area (Å²) in [5.74, 6) is 0.00989. The second-order valence-electron chi connectivity index (χ2n) is 4.45. The van der Waals surface area contributed by atoms with E-state index in [1.165, 1.54) is 0 Å². The molecule has 0 unspecified atom stereocenters. The van der Waals surface area contributed by atoms with E-state index in [1.807, 2.05) is 31.2 Å². The van der Waals surface area contributed by atoms with E-state index in [9.17, 15) is 8.42 Å². The maximum Gasteiger partial charge on any atom is 0.233 e. The van der Waals surface area contributed by atoms with Crippen LogP contribution in [0.3, 0.4) is 0 Å². The van der Waals surface area contributed by atoms with Crippen molar-refractivity contribution in [2.75, 3.05) is 10.5 Å². The highest BCUT2D eigenvalue weighted by Crippen LogP contribution is 2.21. The molecule has 0 saturated heterocycles. The maximum absolute atomic E-state index is 12.1. The molecular formula is C14H15BrN2O2S. The van der Waals surface area contributed by atoms with E-state index in [0.29, 0.717) is 12.1 Å². The first-order valence-electron chi connectivity index (χ1n) is 6.13. The number of halogens is 1. The SMILES string of the molecule is Cc1ccc(Br)cc1NS(=O)(=O)CCc1ccccn1. The van der Waals surface area contributed by atoms with Crippen molar-refractivity contribution in [2.24, 2.45) is 0 Å². The van der Waals surface area contributed by atoms with Crippen molar-refractivity contribution in [2.45, 2.75) is 13.3 Å². The number of rotatable bonds is 5. The van der Waals surface area contributed by atoms with E-state index in [1.54, 1.807) is 18.3 Å². The number of hydrogen-bond donors (Lipinski definition) is 1. The molecule has 1 N–H and O–H groups in total. The fraction of sp³-hybridized carbons (Fsp3) is 0.214. The third-order valence-electron chi connectivity index (χ3n) is 2.82. The topological polar surface area (TPSA) is 59.1 Å². The molecule has 2 aromatic rings. The van der Waals surface area contributed by atoms with Gasteiger partial charge in [0.25, 0.3) is 0 Å². The molecule has 20 heavy (non-hydrogen) atoms. The number of aryl methyl sites for hydroxylation is 2. The molecular weight excluding hydrogens is 340 g/mol. The summed E-state index contributed by atoms with van der Waals surface area (Å²) in [6.45, 7) is 1.86. The van der Waals surface area contributed by atoms with Gasteiger partial charge in [-0.15, -0.1) is 0 Å². The third kappa shape index (κ3) is 4.31. The fourth-order valence-corrected chi connectivity index (χ4v) is 3.20. The quantitative estimate of drug-likeness (QED) is 0.897. The highest BCUT2D eigenvalue weighted by atomic mass is 79.9. The second-order valence-corrected chi connectivity index (χ2v) is 7.21. The molecule has 1 aromatic heterocycles. The summed E-state index contributed by atoms with van der Waals surface area (Å²) in [6.07, 6.45) is 2.05. The number of benzene rings is 1. The molecule has 6 heteroatoms. The van der Waals surface area contributed by atoms with E-state index in [-0.39, 0.29) is 5.75 Å². The minimum Gasteiger partial charge on any atom is -0.283 e. The van der Waals surface area contributed by atoms with Gasteiger partial charge in [-0.2, -0.15) is 0 Å². The Kier molecular flexibility index (Phi) is 4.77. The smallest absolute Gasteiger partial charge is 0.233 e. The van der Waals surface area contributed by atoms with Crippen LogP contribution < -0.4 is 4.72 Å². The Balaban J connectivity index is 2.06. The van der Waals surface area contributed by atoms with Gasteiger partial charge in [0.1, 0.15) is 0 Å². The second kappa shape index (κ2) is 6.37. The minimum absolute atomic E-state index is 0.00989. The lowest BCUT2D eigenvalue weighted by atomic mass is 10.2. The summed E-state index contributed by atoms with van der Waals surface area (Å²) >= 11 is 3.33. The predicted molar refractivity (Wildman–Crippen MR) is 84.2 cm³/mol. The van der Waals surface area contributed by atoms with E-state index in [2.05, 4.69) is 25.6 Å². The average Bonchev–Trinajstić information content (AvgIpc) is 2.42. The molecule has 1 heterocycles. The summed E-state index contributed by atoms with van der Waals surface area (Å²) in [6, 6.07) is 11.0. The first-order valence-corrected chi connectivity index (χ1v) is 8.57. The van der Waals surface area contributed by atoms with Crippen LogP contribution in [0.15, 0.2) is 47.1 Å². The van der Waals surface area contributed by atoms with Crippen molar-refractivity contribution in [3.63, 3.8) is 0 Å². The number of sulfonamides is 1. The van der Waals surface area contributed by atoms with Crippen LogP contribution in [-0.2, 0) is 16.4 Å². The van der Waals surface area contributed by atoms with Gasteiger partial charge in [0.2, 0.25) is 10.0 Å². The number of anilines is 1. The molecule has 0 atom stereocenters. The minimum atomic E-state index is -3.38. The Labute approximate surface area is 127 Å². The number of nitrogens with zero attached hydrogens (tertiary/aromatic N) is 1. The Hall–Kier alpha value is -1.40. The van der Waals surface area contributed by atoms with Gasteiger partial charge in [-0.25, -0.2) is 8.42 Å². The molecule has 0 spiro atoms. The van der Waals surface area contributed by atoms with Gasteiger partial charge in [-0.05, 0) is 36.8 Å². The lowest BCUT2D eigenvalue weighted by molar-refractivity contribution is 0.600. The molecule has 1 aromatic carbocycles. The summed E-state index contributed by atoms with van der Waals surface area (Å²) < 4.78 is 27.6. The normalized spacial score (nSPS) is 11.3. The summed E-state index contributed by atoms with van der Waals surface area (Å²) in [5.41, 5.74) is 2.25. The summed E-state index contributed by atoms with van der Waals surface area (Å²) in [4.78, 5) is 4.12. The molecule has 0 radical (unpaired) electrons. The number of aromatic nitrogens is 1. The molecule has 0 fully saturated rings. The Morgan fingerprint density at radius 1 is 1.25 bits per heavy atom. The maximum atomic E-state index is 12.1. The van der Waals surface area contributed by atoms with E-state index in [0.717, 1.165) is 15.7 Å². The van der Waals surface area contributed by atoms with Crippen LogP contribution in [0.25, 0.3) is 0 Å². The lowest BCUT2D eigenvalue weighted by Crippen LogP contribution is -2.19. The standard InChI is InChI=1S/C14H15BrN2O2S/c1-11-5-6-12(15)10-14(11)17-20(18,19)9-7-13-4-2-3-8-16-13/h2-6,8,10,17H,7,9H2,1H3. The zero-order valence-electron chi connectivity index (χ0n) is 11.0. The van der Waals surface area contributed by atoms with Gasteiger partial charge in [0, 0.05) is 22.8 Å². The van der Waals surface area contributed by atoms with Gasteiger partial charge < -0.3 is 0 Å². The molecule has 106 valence electrons. The van der Waals surface area contributed by atoms with E-state index >= 15 is 0 Å². The van der Waals surface area contributed by atoms with Gasteiger partial charge in [0.15, 0.2) is 0 Å². The zero-order valence-corrected chi connectivity index (χ0v) is 13.4. The Morgan fingerprint density at radius 3 is 2.75 bits per heavy atom. The number of nitrogens with one attached hydrogen (secondary N) is 1. The largest absolute Gasteiger partial charge is 0.283 e. The van der Waals surface area contributed by atoms with Crippen LogP contribution in [0, 0.1) is 6.92 Å². The molecule has 2 rings (SSSR count). The van der Waals surface area contributed by atoms with Gasteiger partial charge in [0.05, 0.1) is 11.4 Å². The van der Waals surface area contributed by atoms with E-state index in [4.69, 9.17) is 0 Å². The lowest BCUT2D eigenvalue weighted by Gasteiger charge is -2.10. The van der Waals surface area contributed by atoms with Gasteiger partial charge in [-0.1, -0.05) is 28.1 Å². The molecule has 0 amide bonds. The Morgan fingerprint density at radius 2 is 2.05 bits per heavy atom. The molecule has 0 aliphatic carbocycles. The monoisotopic (exact) mass is 354 g/mol. The molecule has 0 bridgehead atoms. The van der Waals surface area contributed by atoms with Crippen LogP contribution in [0.2, 0.25) is 0 Å². The first kappa shape index (κ1) is 15.0. The van der Waals surface area contributed by atoms with E-state index < -0.39 is 10.0 Å². The molecule has 0 aliphatic heterocycles. The van der Waals surface area contributed by atoms with Gasteiger partial charge in [-0.3, -0.25) is 9.71 Å². The number of pyridine rings is 1. The average molecular weight is 355 g/mol. The van der Waals surface area contributed by atoms with Crippen LogP contribution in [0.4, 0.5) is 5.69 Å². The van der Waals surface area contributed by atoms with Crippen molar-refractivity contribution in [1.29, 1.82) is 0 Å². The zero-order chi connectivity index (χ0) is 14.6. The number of hydrogen-bond acceptors (Lipinski definition) is 3. The van der Waals surface area contributed by atoms with Gasteiger partial charge >= 0.3 is 0 Å². The third-order valence-corrected chi connectivity index (χ3v) is 4.58. The fourth-order valence-electron chi connectivity index (χ4n) is 1.71.